The standard InChI is InChI=1S/C20H26FN3O2.HI/c1-22-20(24-13-11-16-6-4-5-7-17(16)21)23-12-10-15-8-9-18(25-2)19(14-15)26-3;/h4-9,14H,10-13H2,1-3H3,(H2,22,23,24);1H. The molecule has 5 nitrogen and oxygen atoms in total. The molecule has 2 aromatic rings. The molecule has 0 aliphatic heterocycles. The quantitative estimate of drug-likeness (QED) is 0.341. The third-order valence-corrected chi connectivity index (χ3v) is 4.02. The van der Waals surface area contributed by atoms with E-state index in [1.54, 1.807) is 33.4 Å². The Labute approximate surface area is 177 Å². The normalized spacial score (nSPS) is 10.7. The van der Waals surface area contributed by atoms with Gasteiger partial charge in [0.1, 0.15) is 5.82 Å². The van der Waals surface area contributed by atoms with Crippen LogP contribution in [0.25, 0.3) is 0 Å². The Morgan fingerprint density at radius 1 is 0.963 bits per heavy atom. The maximum Gasteiger partial charge on any atom is 0.190 e. The van der Waals surface area contributed by atoms with Crippen LogP contribution in [0.1, 0.15) is 11.1 Å². The van der Waals surface area contributed by atoms with Crippen molar-refractivity contribution in [1.29, 1.82) is 0 Å². The lowest BCUT2D eigenvalue weighted by Gasteiger charge is -2.13. The van der Waals surface area contributed by atoms with Gasteiger partial charge >= 0.3 is 0 Å². The molecular formula is C20H27FIN3O2. The fourth-order valence-corrected chi connectivity index (χ4v) is 2.60. The summed E-state index contributed by atoms with van der Waals surface area (Å²) in [5.41, 5.74) is 1.83. The highest BCUT2D eigenvalue weighted by Crippen LogP contribution is 2.27. The summed E-state index contributed by atoms with van der Waals surface area (Å²) < 4.78 is 24.2. The van der Waals surface area contributed by atoms with Crippen LogP contribution < -0.4 is 20.1 Å². The maximum atomic E-state index is 13.6. The average molecular weight is 487 g/mol. The molecule has 2 aromatic carbocycles. The summed E-state index contributed by atoms with van der Waals surface area (Å²) in [6, 6.07) is 12.7. The maximum absolute atomic E-state index is 13.6. The van der Waals surface area contributed by atoms with Crippen LogP contribution in [0.4, 0.5) is 4.39 Å². The van der Waals surface area contributed by atoms with Crippen LogP contribution in [0.3, 0.4) is 0 Å². The number of benzene rings is 2. The van der Waals surface area contributed by atoms with Crippen LogP contribution >= 0.6 is 24.0 Å². The topological polar surface area (TPSA) is 54.9 Å². The minimum atomic E-state index is -0.175. The second-order valence-electron chi connectivity index (χ2n) is 5.71. The van der Waals surface area contributed by atoms with E-state index >= 15 is 0 Å². The van der Waals surface area contributed by atoms with Gasteiger partial charge < -0.3 is 20.1 Å². The Kier molecular flexibility index (Phi) is 10.5. The van der Waals surface area contributed by atoms with Gasteiger partial charge in [-0.2, -0.15) is 0 Å². The molecule has 0 saturated carbocycles. The van der Waals surface area contributed by atoms with Crippen molar-refractivity contribution in [1.82, 2.24) is 10.6 Å². The van der Waals surface area contributed by atoms with Crippen molar-refractivity contribution in [2.75, 3.05) is 34.4 Å². The molecule has 0 radical (unpaired) electrons. The van der Waals surface area contributed by atoms with E-state index < -0.39 is 0 Å². The molecule has 0 amide bonds. The van der Waals surface area contributed by atoms with Gasteiger partial charge in [0, 0.05) is 20.1 Å². The molecule has 7 heteroatoms. The number of halogens is 2. The monoisotopic (exact) mass is 487 g/mol. The van der Waals surface area contributed by atoms with Gasteiger partial charge in [0.25, 0.3) is 0 Å². The van der Waals surface area contributed by atoms with Gasteiger partial charge in [0.15, 0.2) is 17.5 Å². The van der Waals surface area contributed by atoms with E-state index in [0.29, 0.717) is 24.5 Å². The van der Waals surface area contributed by atoms with Crippen molar-refractivity contribution in [3.05, 3.63) is 59.4 Å². The summed E-state index contributed by atoms with van der Waals surface area (Å²) in [7, 11) is 4.96. The number of nitrogens with zero attached hydrogens (tertiary/aromatic N) is 1. The minimum Gasteiger partial charge on any atom is -0.493 e. The van der Waals surface area contributed by atoms with Crippen molar-refractivity contribution >= 4 is 29.9 Å². The number of methoxy groups -OCH3 is 2. The highest BCUT2D eigenvalue weighted by molar-refractivity contribution is 14.0. The lowest BCUT2D eigenvalue weighted by Crippen LogP contribution is -2.39. The number of hydrogen-bond acceptors (Lipinski definition) is 3. The summed E-state index contributed by atoms with van der Waals surface area (Å²) in [5, 5.41) is 6.46. The molecule has 0 atom stereocenters. The lowest BCUT2D eigenvalue weighted by molar-refractivity contribution is 0.354. The lowest BCUT2D eigenvalue weighted by atomic mass is 10.1. The number of hydrogen-bond donors (Lipinski definition) is 2. The van der Waals surface area contributed by atoms with Gasteiger partial charge in [-0.1, -0.05) is 24.3 Å². The van der Waals surface area contributed by atoms with E-state index in [-0.39, 0.29) is 29.8 Å². The highest BCUT2D eigenvalue weighted by atomic mass is 127. The Balaban J connectivity index is 0.00000364. The zero-order valence-corrected chi connectivity index (χ0v) is 18.3. The van der Waals surface area contributed by atoms with Gasteiger partial charge in [0.2, 0.25) is 0 Å². The van der Waals surface area contributed by atoms with E-state index in [9.17, 15) is 4.39 Å². The third kappa shape index (κ3) is 7.24. The zero-order chi connectivity index (χ0) is 18.8. The molecule has 0 aromatic heterocycles. The van der Waals surface area contributed by atoms with Crippen molar-refractivity contribution in [3.63, 3.8) is 0 Å². The van der Waals surface area contributed by atoms with Gasteiger partial charge in [-0.15, -0.1) is 24.0 Å². The van der Waals surface area contributed by atoms with E-state index in [4.69, 9.17) is 9.47 Å². The van der Waals surface area contributed by atoms with Crippen molar-refractivity contribution in [2.24, 2.45) is 4.99 Å². The fraction of sp³-hybridized carbons (Fsp3) is 0.350. The van der Waals surface area contributed by atoms with E-state index in [2.05, 4.69) is 15.6 Å². The molecular weight excluding hydrogens is 460 g/mol. The summed E-state index contributed by atoms with van der Waals surface area (Å²) in [5.74, 6) is 1.96. The van der Waals surface area contributed by atoms with Crippen LogP contribution in [-0.2, 0) is 12.8 Å². The van der Waals surface area contributed by atoms with Gasteiger partial charge in [-0.25, -0.2) is 4.39 Å². The molecule has 148 valence electrons. The first kappa shape index (κ1) is 23.0. The molecule has 0 aliphatic carbocycles. The first-order valence-electron chi connectivity index (χ1n) is 8.56. The Morgan fingerprint density at radius 2 is 1.63 bits per heavy atom. The van der Waals surface area contributed by atoms with Crippen LogP contribution in [0.15, 0.2) is 47.5 Å². The van der Waals surface area contributed by atoms with Crippen molar-refractivity contribution < 1.29 is 13.9 Å². The van der Waals surface area contributed by atoms with Gasteiger partial charge in [-0.05, 0) is 42.2 Å². The Bertz CT molecular complexity index is 741. The highest BCUT2D eigenvalue weighted by Gasteiger charge is 2.05. The second kappa shape index (κ2) is 12.4. The van der Waals surface area contributed by atoms with Crippen molar-refractivity contribution in [3.8, 4) is 11.5 Å². The summed E-state index contributed by atoms with van der Waals surface area (Å²) >= 11 is 0. The molecule has 0 aliphatic rings. The largest absolute Gasteiger partial charge is 0.493 e. The molecule has 0 saturated heterocycles. The van der Waals surface area contributed by atoms with E-state index in [1.165, 1.54) is 6.07 Å². The Morgan fingerprint density at radius 3 is 2.26 bits per heavy atom. The molecule has 2 rings (SSSR count). The first-order chi connectivity index (χ1) is 12.7. The predicted octanol–water partition coefficient (Wildman–Crippen LogP) is 3.41. The molecule has 0 spiro atoms. The predicted molar refractivity (Wildman–Crippen MR) is 118 cm³/mol. The number of rotatable bonds is 8. The fourth-order valence-electron chi connectivity index (χ4n) is 2.60. The molecule has 0 fully saturated rings. The Hall–Kier alpha value is -2.03. The summed E-state index contributed by atoms with van der Waals surface area (Å²) in [4.78, 5) is 4.19. The summed E-state index contributed by atoms with van der Waals surface area (Å²) in [6.07, 6.45) is 1.41. The number of guanidine groups is 1. The van der Waals surface area contributed by atoms with Crippen LogP contribution in [-0.4, -0.2) is 40.3 Å². The number of ether oxygens (including phenoxy) is 2. The van der Waals surface area contributed by atoms with Crippen LogP contribution in [0.5, 0.6) is 11.5 Å². The average Bonchev–Trinajstić information content (AvgIpc) is 2.68. The first-order valence-corrected chi connectivity index (χ1v) is 8.56. The molecule has 0 unspecified atom stereocenters. The zero-order valence-electron chi connectivity index (χ0n) is 15.9. The van der Waals surface area contributed by atoms with Gasteiger partial charge in [-0.3, -0.25) is 4.99 Å². The summed E-state index contributed by atoms with van der Waals surface area (Å²) in [6.45, 7) is 1.33. The molecule has 0 bridgehead atoms. The molecule has 2 N–H and O–H groups in total. The van der Waals surface area contributed by atoms with Crippen molar-refractivity contribution in [2.45, 2.75) is 12.8 Å². The van der Waals surface area contributed by atoms with Gasteiger partial charge in [0.05, 0.1) is 14.2 Å². The minimum absolute atomic E-state index is 0. The SMILES string of the molecule is CN=C(NCCc1ccc(OC)c(OC)c1)NCCc1ccccc1F.I. The molecule has 0 heterocycles. The second-order valence-corrected chi connectivity index (χ2v) is 5.71. The third-order valence-electron chi connectivity index (χ3n) is 4.02. The molecule has 27 heavy (non-hydrogen) atoms. The van der Waals surface area contributed by atoms with E-state index in [1.807, 2.05) is 24.3 Å². The number of nitrogens with one attached hydrogen (secondary N) is 2. The smallest absolute Gasteiger partial charge is 0.190 e. The van der Waals surface area contributed by atoms with E-state index in [0.717, 1.165) is 30.0 Å². The van der Waals surface area contributed by atoms with Crippen LogP contribution in [0.2, 0.25) is 0 Å². The number of aliphatic imine (C=N–C) groups is 1. The van der Waals surface area contributed by atoms with Crippen LogP contribution in [0, 0.1) is 5.82 Å².